The first-order valence-electron chi connectivity index (χ1n) is 8.39. The van der Waals surface area contributed by atoms with Crippen LogP contribution in [0.3, 0.4) is 0 Å². The number of carbonyl (C=O) groups is 1. The molecule has 134 valence electrons. The molecule has 0 spiro atoms. The van der Waals surface area contributed by atoms with E-state index in [0.717, 1.165) is 42.3 Å². The average Bonchev–Trinajstić information content (AvgIpc) is 2.83. The predicted octanol–water partition coefficient (Wildman–Crippen LogP) is 3.16. The molecule has 7 heteroatoms. The lowest BCUT2D eigenvalue weighted by Gasteiger charge is -2.34. The van der Waals surface area contributed by atoms with E-state index in [0.29, 0.717) is 16.5 Å². The van der Waals surface area contributed by atoms with Gasteiger partial charge in [-0.1, -0.05) is 23.2 Å². The number of aromatic nitrogens is 2. The second kappa shape index (κ2) is 7.36. The molecule has 1 aromatic heterocycles. The van der Waals surface area contributed by atoms with Crippen LogP contribution in [0.25, 0.3) is 5.69 Å². The van der Waals surface area contributed by atoms with E-state index in [-0.39, 0.29) is 11.9 Å². The van der Waals surface area contributed by atoms with Crippen LogP contribution in [0.4, 0.5) is 0 Å². The van der Waals surface area contributed by atoms with Gasteiger partial charge in [-0.15, -0.1) is 0 Å². The monoisotopic (exact) mass is 380 g/mol. The van der Waals surface area contributed by atoms with Crippen molar-refractivity contribution in [2.75, 3.05) is 19.6 Å². The second-order valence-corrected chi connectivity index (χ2v) is 7.32. The Labute approximate surface area is 157 Å². The summed E-state index contributed by atoms with van der Waals surface area (Å²) >= 11 is 12.3. The van der Waals surface area contributed by atoms with Crippen molar-refractivity contribution in [3.63, 3.8) is 0 Å². The fourth-order valence-corrected chi connectivity index (χ4v) is 3.77. The Kier molecular flexibility index (Phi) is 5.37. The number of benzene rings is 1. The maximum Gasteiger partial charge on any atom is 0.227 e. The maximum absolute atomic E-state index is 12.8. The zero-order chi connectivity index (χ0) is 18.1. The molecule has 5 nitrogen and oxygen atoms in total. The van der Waals surface area contributed by atoms with E-state index in [4.69, 9.17) is 23.2 Å². The molecule has 1 aliphatic rings. The zero-order valence-corrected chi connectivity index (χ0v) is 16.2. The predicted molar refractivity (Wildman–Crippen MR) is 101 cm³/mol. The summed E-state index contributed by atoms with van der Waals surface area (Å²) < 4.78 is 1.79. The number of hydrogen-bond acceptors (Lipinski definition) is 3. The van der Waals surface area contributed by atoms with Crippen molar-refractivity contribution in [2.45, 2.75) is 33.2 Å². The summed E-state index contributed by atoms with van der Waals surface area (Å²) in [6.07, 6.45) is 0.354. The lowest BCUT2D eigenvalue weighted by Crippen LogP contribution is -2.52. The molecule has 0 aliphatic carbocycles. The van der Waals surface area contributed by atoms with Crippen molar-refractivity contribution in [3.8, 4) is 5.69 Å². The van der Waals surface area contributed by atoms with Crippen molar-refractivity contribution in [1.29, 1.82) is 0 Å². The number of aryl methyl sites for hydroxylation is 1. The average molecular weight is 381 g/mol. The first-order chi connectivity index (χ1) is 11.9. The molecule has 1 atom stereocenters. The van der Waals surface area contributed by atoms with E-state index >= 15 is 0 Å². The van der Waals surface area contributed by atoms with Gasteiger partial charge in [0, 0.05) is 42.0 Å². The van der Waals surface area contributed by atoms with Crippen LogP contribution in [-0.2, 0) is 11.2 Å². The molecule has 1 aliphatic heterocycles. The molecule has 2 aromatic rings. The van der Waals surface area contributed by atoms with Gasteiger partial charge in [0.1, 0.15) is 0 Å². The van der Waals surface area contributed by atoms with Crippen LogP contribution in [0.2, 0.25) is 10.0 Å². The highest BCUT2D eigenvalue weighted by Crippen LogP contribution is 2.27. The Morgan fingerprint density at radius 1 is 1.36 bits per heavy atom. The van der Waals surface area contributed by atoms with E-state index < -0.39 is 0 Å². The molecule has 25 heavy (non-hydrogen) atoms. The summed E-state index contributed by atoms with van der Waals surface area (Å²) in [6, 6.07) is 5.53. The van der Waals surface area contributed by atoms with Crippen LogP contribution in [0.1, 0.15) is 23.9 Å². The SMILES string of the molecule is Cc1nn(-c2ccc(Cl)cc2Cl)c(C)c1CC(=O)N1CCNC[C@H]1C. The van der Waals surface area contributed by atoms with Crippen LogP contribution in [-0.4, -0.2) is 46.3 Å². The molecule has 0 bridgehead atoms. The fraction of sp³-hybridized carbons (Fsp3) is 0.444. The van der Waals surface area contributed by atoms with Crippen molar-refractivity contribution < 1.29 is 4.79 Å². The van der Waals surface area contributed by atoms with Crippen LogP contribution in [0.5, 0.6) is 0 Å². The maximum atomic E-state index is 12.8. The van der Waals surface area contributed by atoms with Crippen LogP contribution in [0, 0.1) is 13.8 Å². The third-order valence-corrected chi connectivity index (χ3v) is 5.27. The molecule has 1 N–H and O–H groups in total. The van der Waals surface area contributed by atoms with Gasteiger partial charge in [-0.05, 0) is 39.0 Å². The van der Waals surface area contributed by atoms with Crippen LogP contribution < -0.4 is 5.32 Å². The van der Waals surface area contributed by atoms with Gasteiger partial charge in [0.15, 0.2) is 0 Å². The minimum absolute atomic E-state index is 0.141. The molecule has 1 fully saturated rings. The van der Waals surface area contributed by atoms with E-state index in [1.165, 1.54) is 0 Å². The zero-order valence-electron chi connectivity index (χ0n) is 14.6. The van der Waals surface area contributed by atoms with Crippen molar-refractivity contribution >= 4 is 29.1 Å². The molecule has 0 saturated carbocycles. The highest BCUT2D eigenvalue weighted by molar-refractivity contribution is 6.35. The molecule has 1 amide bonds. The highest BCUT2D eigenvalue weighted by Gasteiger charge is 2.25. The van der Waals surface area contributed by atoms with Crippen LogP contribution >= 0.6 is 23.2 Å². The lowest BCUT2D eigenvalue weighted by molar-refractivity contribution is -0.133. The number of hydrogen-bond donors (Lipinski definition) is 1. The van der Waals surface area contributed by atoms with E-state index in [9.17, 15) is 4.79 Å². The number of piperazine rings is 1. The summed E-state index contributed by atoms with van der Waals surface area (Å²) in [5.74, 6) is 0.141. The summed E-state index contributed by atoms with van der Waals surface area (Å²) in [6.45, 7) is 8.39. The van der Waals surface area contributed by atoms with Gasteiger partial charge in [-0.2, -0.15) is 5.10 Å². The van der Waals surface area contributed by atoms with Crippen molar-refractivity contribution in [2.24, 2.45) is 0 Å². The van der Waals surface area contributed by atoms with E-state index in [1.807, 2.05) is 24.8 Å². The fourth-order valence-electron chi connectivity index (χ4n) is 3.28. The number of rotatable bonds is 3. The first-order valence-corrected chi connectivity index (χ1v) is 9.14. The number of amides is 1. The van der Waals surface area contributed by atoms with Gasteiger partial charge in [0.25, 0.3) is 0 Å². The van der Waals surface area contributed by atoms with Gasteiger partial charge >= 0.3 is 0 Å². The minimum atomic E-state index is 0.141. The molecule has 0 radical (unpaired) electrons. The smallest absolute Gasteiger partial charge is 0.227 e. The number of nitrogens with zero attached hydrogens (tertiary/aromatic N) is 3. The van der Waals surface area contributed by atoms with E-state index in [2.05, 4.69) is 17.3 Å². The van der Waals surface area contributed by atoms with Crippen molar-refractivity contribution in [1.82, 2.24) is 20.0 Å². The third-order valence-electron chi connectivity index (χ3n) is 4.73. The Morgan fingerprint density at radius 3 is 2.80 bits per heavy atom. The second-order valence-electron chi connectivity index (χ2n) is 6.47. The van der Waals surface area contributed by atoms with Gasteiger partial charge in [0.2, 0.25) is 5.91 Å². The molecule has 2 heterocycles. The third kappa shape index (κ3) is 3.68. The molecule has 1 aromatic carbocycles. The van der Waals surface area contributed by atoms with Gasteiger partial charge < -0.3 is 10.2 Å². The normalized spacial score (nSPS) is 17.8. The Morgan fingerprint density at radius 2 is 2.12 bits per heavy atom. The van der Waals surface area contributed by atoms with Gasteiger partial charge in [-0.25, -0.2) is 4.68 Å². The van der Waals surface area contributed by atoms with Gasteiger partial charge in [-0.3, -0.25) is 4.79 Å². The lowest BCUT2D eigenvalue weighted by atomic mass is 10.1. The summed E-state index contributed by atoms with van der Waals surface area (Å²) in [5.41, 5.74) is 3.50. The number of nitrogens with one attached hydrogen (secondary N) is 1. The molecule has 0 unspecified atom stereocenters. The largest absolute Gasteiger partial charge is 0.337 e. The van der Waals surface area contributed by atoms with Crippen LogP contribution in [0.15, 0.2) is 18.2 Å². The first kappa shape index (κ1) is 18.2. The van der Waals surface area contributed by atoms with Crippen molar-refractivity contribution in [3.05, 3.63) is 45.2 Å². The molecular formula is C18H22Cl2N4O. The Hall–Kier alpha value is -1.56. The summed E-state index contributed by atoms with van der Waals surface area (Å²) in [5, 5.41) is 9.02. The number of halogens is 2. The Bertz CT molecular complexity index is 803. The Balaban J connectivity index is 1.88. The molecule has 1 saturated heterocycles. The standard InChI is InChI=1S/C18H22Cl2N4O/c1-11-10-21-6-7-23(11)18(25)9-15-12(2)22-24(13(15)3)17-5-4-14(19)8-16(17)20/h4-5,8,11,21H,6-7,9-10H2,1-3H3/t11-/m1/s1. The minimum Gasteiger partial charge on any atom is -0.337 e. The summed E-state index contributed by atoms with van der Waals surface area (Å²) in [4.78, 5) is 14.7. The van der Waals surface area contributed by atoms with E-state index in [1.54, 1.807) is 16.8 Å². The summed E-state index contributed by atoms with van der Waals surface area (Å²) in [7, 11) is 0. The molecule has 3 rings (SSSR count). The topological polar surface area (TPSA) is 50.2 Å². The highest BCUT2D eigenvalue weighted by atomic mass is 35.5. The quantitative estimate of drug-likeness (QED) is 0.889. The molecular weight excluding hydrogens is 359 g/mol. The number of carbonyl (C=O) groups excluding carboxylic acids is 1. The van der Waals surface area contributed by atoms with Gasteiger partial charge in [0.05, 0.1) is 22.8 Å².